The molecule has 56 heavy (non-hydrogen) atoms. The largest absolute Gasteiger partial charge is 0.478 e. The summed E-state index contributed by atoms with van der Waals surface area (Å²) in [4.78, 5) is 25.8. The fraction of sp³-hybridized carbons (Fsp3) is 0.647. The molecule has 1 heterocycles. The van der Waals surface area contributed by atoms with Crippen molar-refractivity contribution in [2.75, 3.05) is 26.2 Å². The minimum atomic E-state index is -0.855. The van der Waals surface area contributed by atoms with Gasteiger partial charge in [0.2, 0.25) is 5.91 Å². The van der Waals surface area contributed by atoms with Gasteiger partial charge in [-0.15, -0.1) is 45.1 Å². The molecule has 306 valence electrons. The zero-order chi connectivity index (χ0) is 42.1. The number of likely N-dealkylation sites (tertiary alicyclic amines) is 1. The third kappa shape index (κ3) is 8.30. The molecule has 5 nitrogen and oxygen atoms in total. The molecule has 6 aliphatic rings. The number of nitrogens with zero attached hydrogens (tertiary/aromatic N) is 1. The number of allylic oxidation sites excluding steroid dienone is 3. The quantitative estimate of drug-likeness (QED) is 0.204. The maximum absolute atomic E-state index is 12.2. The Kier molecular flexibility index (Phi) is 16.0. The third-order valence-electron chi connectivity index (χ3n) is 16.2. The number of hydrogen-bond acceptors (Lipinski definition) is 3. The van der Waals surface area contributed by atoms with Crippen molar-refractivity contribution in [2.45, 2.75) is 126 Å². The molecule has 5 fully saturated rings. The maximum Gasteiger partial charge on any atom is 0.335 e. The highest BCUT2D eigenvalue weighted by molar-refractivity contribution is 5.88. The lowest BCUT2D eigenvalue weighted by molar-refractivity contribution is -0.222. The Bertz CT molecular complexity index is 1580. The predicted molar refractivity (Wildman–Crippen MR) is 235 cm³/mol. The molecule has 0 aromatic heterocycles. The molecular weight excluding hydrogens is 689 g/mol. The molecule has 1 amide bonds. The van der Waals surface area contributed by atoms with E-state index in [-0.39, 0.29) is 10.8 Å². The summed E-state index contributed by atoms with van der Waals surface area (Å²) >= 11 is 0. The minimum Gasteiger partial charge on any atom is -0.478 e. The summed E-state index contributed by atoms with van der Waals surface area (Å²) in [6, 6.07) is 7.64. The second kappa shape index (κ2) is 19.1. The molecule has 9 atom stereocenters. The number of carbonyl (C=O) groups is 2. The Labute approximate surface area is 342 Å². The number of rotatable bonds is 8. The molecular formula is C51H74N2O3. The highest BCUT2D eigenvalue weighted by Crippen LogP contribution is 2.77. The van der Waals surface area contributed by atoms with Crippen molar-refractivity contribution < 1.29 is 14.7 Å². The molecule has 1 aromatic rings. The van der Waals surface area contributed by atoms with Crippen LogP contribution in [-0.4, -0.2) is 48.1 Å². The first-order chi connectivity index (χ1) is 26.7. The van der Waals surface area contributed by atoms with Gasteiger partial charge in [-0.25, -0.2) is 4.79 Å². The lowest BCUT2D eigenvalue weighted by Gasteiger charge is -2.72. The molecule has 2 N–H and O–H groups in total. The van der Waals surface area contributed by atoms with Gasteiger partial charge in [-0.2, -0.15) is 0 Å². The van der Waals surface area contributed by atoms with Crippen LogP contribution < -0.4 is 5.32 Å². The molecule has 1 aliphatic heterocycles. The first kappa shape index (κ1) is 46.7. The zero-order valence-electron chi connectivity index (χ0n) is 36.0. The van der Waals surface area contributed by atoms with Gasteiger partial charge in [-0.3, -0.25) is 4.79 Å². The predicted octanol–water partition coefficient (Wildman–Crippen LogP) is 11.0. The summed E-state index contributed by atoms with van der Waals surface area (Å²) in [6.45, 7) is 24.7. The van der Waals surface area contributed by atoms with Gasteiger partial charge in [-0.05, 0) is 158 Å². The zero-order valence-corrected chi connectivity index (χ0v) is 36.0. The van der Waals surface area contributed by atoms with E-state index < -0.39 is 5.97 Å². The van der Waals surface area contributed by atoms with Gasteiger partial charge in [0.15, 0.2) is 0 Å². The molecule has 0 radical (unpaired) electrons. The average molecular weight is 763 g/mol. The minimum absolute atomic E-state index is 0.0505. The number of amides is 1. The Morgan fingerprint density at radius 3 is 2.12 bits per heavy atom. The van der Waals surface area contributed by atoms with Crippen molar-refractivity contribution in [3.8, 4) is 38.5 Å². The van der Waals surface area contributed by atoms with Gasteiger partial charge < -0.3 is 15.3 Å². The molecule has 0 spiro atoms. The molecule has 5 aliphatic carbocycles. The van der Waals surface area contributed by atoms with E-state index in [0.29, 0.717) is 39.6 Å². The van der Waals surface area contributed by atoms with E-state index in [0.717, 1.165) is 63.2 Å². The maximum atomic E-state index is 12.2. The number of hydrogen-bond donors (Lipinski definition) is 2. The van der Waals surface area contributed by atoms with Gasteiger partial charge in [0.25, 0.3) is 0 Å². The number of aromatic carboxylic acids is 1. The van der Waals surface area contributed by atoms with Crippen molar-refractivity contribution in [3.05, 3.63) is 54.1 Å². The van der Waals surface area contributed by atoms with Crippen molar-refractivity contribution in [1.82, 2.24) is 10.2 Å². The number of carbonyl (C=O) groups excluding carboxylic acids is 1. The first-order valence-electron chi connectivity index (χ1n) is 21.3. The van der Waals surface area contributed by atoms with E-state index in [2.05, 4.69) is 103 Å². The van der Waals surface area contributed by atoms with Crippen molar-refractivity contribution in [3.63, 3.8) is 0 Å². The molecule has 4 unspecified atom stereocenters. The monoisotopic (exact) mass is 763 g/mol. The third-order valence-corrected chi connectivity index (χ3v) is 16.2. The van der Waals surface area contributed by atoms with Crippen LogP contribution in [0.25, 0.3) is 5.57 Å². The van der Waals surface area contributed by atoms with E-state index >= 15 is 0 Å². The van der Waals surface area contributed by atoms with E-state index in [1.54, 1.807) is 18.2 Å². The number of fused-ring (bicyclic) bond motifs is 7. The summed E-state index contributed by atoms with van der Waals surface area (Å²) in [5, 5.41) is 13.4. The SMILES string of the molecule is C#C.C#C.C#C.C=CC.CC(CNC[C@]12CCCC1[C@H]1CCC3[C@@]4(C)CC=C(c5ccc(C(=O)O)cc5)C(C)(C)C4CC[C@@]3(C)[C@]1(C)CC2)CN1CCCC1=O. The fourth-order valence-corrected chi connectivity index (χ4v) is 13.8. The fourth-order valence-electron chi connectivity index (χ4n) is 13.8. The van der Waals surface area contributed by atoms with E-state index in [4.69, 9.17) is 0 Å². The van der Waals surface area contributed by atoms with Crippen LogP contribution in [0.3, 0.4) is 0 Å². The summed E-state index contributed by atoms with van der Waals surface area (Å²) in [5.41, 5.74) is 4.54. The number of carboxylic acids is 1. The number of benzene rings is 1. The first-order valence-corrected chi connectivity index (χ1v) is 21.3. The number of nitrogens with one attached hydrogen (secondary N) is 1. The standard InChI is InChI=1S/C42H62N2O3.C3H6.3C2H2/c1-28(26-44-24-8-10-36(44)45)25-43-27-42-19-7-9-33(42)32-15-16-35-39(4)20-17-31(29-11-13-30(14-12-29)37(46)47)38(2,3)34(39)18-21-41(35,6)40(32,5)22-23-42;1-3-2;3*1-2/h11-14,17,28,32-35,43H,7-10,15-16,18-27H2,1-6H3,(H,46,47);3H,1H2,2H3;3*1-2H/t28?,32-,33?,34?,35?,39+,40-,41-,42-;;;;/m1..../s1. The lowest BCUT2D eigenvalue weighted by Crippen LogP contribution is -2.65. The highest BCUT2D eigenvalue weighted by atomic mass is 16.4. The van der Waals surface area contributed by atoms with Gasteiger partial charge in [0.1, 0.15) is 0 Å². The topological polar surface area (TPSA) is 69.6 Å². The van der Waals surface area contributed by atoms with E-state index in [1.807, 2.05) is 19.1 Å². The number of carboxylic acid groups (broad SMARTS) is 1. The smallest absolute Gasteiger partial charge is 0.335 e. The summed E-state index contributed by atoms with van der Waals surface area (Å²) in [5.74, 6) is 3.04. The van der Waals surface area contributed by atoms with Gasteiger partial charge >= 0.3 is 5.97 Å². The van der Waals surface area contributed by atoms with Crippen LogP contribution in [0.4, 0.5) is 0 Å². The second-order valence-corrected chi connectivity index (χ2v) is 19.0. The van der Waals surface area contributed by atoms with E-state index in [9.17, 15) is 14.7 Å². The van der Waals surface area contributed by atoms with Crippen LogP contribution in [0.5, 0.6) is 0 Å². The van der Waals surface area contributed by atoms with Crippen LogP contribution in [0.1, 0.15) is 141 Å². The van der Waals surface area contributed by atoms with Gasteiger partial charge in [0.05, 0.1) is 5.56 Å². The van der Waals surface area contributed by atoms with Crippen LogP contribution in [-0.2, 0) is 4.79 Å². The van der Waals surface area contributed by atoms with Crippen LogP contribution >= 0.6 is 0 Å². The molecule has 1 saturated heterocycles. The van der Waals surface area contributed by atoms with Crippen molar-refractivity contribution in [2.24, 2.45) is 56.7 Å². The van der Waals surface area contributed by atoms with Crippen molar-refractivity contribution >= 4 is 17.4 Å². The van der Waals surface area contributed by atoms with Crippen molar-refractivity contribution in [1.29, 1.82) is 0 Å². The van der Waals surface area contributed by atoms with Gasteiger partial charge in [0, 0.05) is 26.1 Å². The van der Waals surface area contributed by atoms with Gasteiger partial charge in [-0.1, -0.05) is 72.2 Å². The normalized spacial score (nSPS) is 35.1. The Hall–Kier alpha value is -3.72. The van der Waals surface area contributed by atoms with Crippen LogP contribution in [0.2, 0.25) is 0 Å². The Morgan fingerprint density at radius 1 is 0.893 bits per heavy atom. The Morgan fingerprint density at radius 2 is 1.54 bits per heavy atom. The van der Waals surface area contributed by atoms with Crippen LogP contribution in [0, 0.1) is 95.2 Å². The summed E-state index contributed by atoms with van der Waals surface area (Å²) in [6.07, 6.45) is 43.6. The summed E-state index contributed by atoms with van der Waals surface area (Å²) < 4.78 is 0. The Balaban J connectivity index is 0.000000867. The molecule has 7 rings (SSSR count). The number of terminal acetylenes is 3. The van der Waals surface area contributed by atoms with E-state index in [1.165, 1.54) is 68.9 Å². The molecule has 1 aromatic carbocycles. The lowest BCUT2D eigenvalue weighted by atomic mass is 9.32. The second-order valence-electron chi connectivity index (χ2n) is 19.0. The average Bonchev–Trinajstić information content (AvgIpc) is 3.80. The van der Waals surface area contributed by atoms with Crippen LogP contribution in [0.15, 0.2) is 43.0 Å². The highest BCUT2D eigenvalue weighted by Gasteiger charge is 2.69. The molecule has 4 saturated carbocycles. The molecule has 0 bridgehead atoms. The summed E-state index contributed by atoms with van der Waals surface area (Å²) in [7, 11) is 0. The molecule has 5 heteroatoms.